The zero-order valence-electron chi connectivity index (χ0n) is 18.1. The average Bonchev–Trinajstić information content (AvgIpc) is 3.11. The fourth-order valence-corrected chi connectivity index (χ4v) is 4.01. The second-order valence-electron chi connectivity index (χ2n) is 8.91. The molecule has 1 aliphatic rings. The van der Waals surface area contributed by atoms with Gasteiger partial charge in [-0.25, -0.2) is 0 Å². The van der Waals surface area contributed by atoms with Crippen LogP contribution in [0.5, 0.6) is 0 Å². The minimum atomic E-state index is -0.598. The molecular weight excluding hydrogens is 338 g/mol. The van der Waals surface area contributed by atoms with Gasteiger partial charge in [0.05, 0.1) is 12.1 Å². The van der Waals surface area contributed by atoms with Crippen LogP contribution in [0.15, 0.2) is 12.7 Å². The summed E-state index contributed by atoms with van der Waals surface area (Å²) in [7, 11) is 0. The summed E-state index contributed by atoms with van der Waals surface area (Å²) in [4.78, 5) is 13.1. The molecule has 0 aliphatic carbocycles. The van der Waals surface area contributed by atoms with Crippen LogP contribution >= 0.6 is 0 Å². The van der Waals surface area contributed by atoms with E-state index in [4.69, 9.17) is 0 Å². The maximum Gasteiger partial charge on any atom is 0.223 e. The number of aliphatic hydroxyl groups excluding tert-OH is 1. The fourth-order valence-electron chi connectivity index (χ4n) is 4.01. The summed E-state index contributed by atoms with van der Waals surface area (Å²) in [5, 5.41) is 20.4. The van der Waals surface area contributed by atoms with Crippen LogP contribution in [0.3, 0.4) is 0 Å². The maximum atomic E-state index is 13.1. The van der Waals surface area contributed by atoms with Crippen molar-refractivity contribution < 1.29 is 9.90 Å². The van der Waals surface area contributed by atoms with Gasteiger partial charge in [0, 0.05) is 25.2 Å². The first-order valence-electron chi connectivity index (χ1n) is 10.8. The predicted octanol–water partition coefficient (Wildman–Crippen LogP) is 3.05. The Labute approximate surface area is 166 Å². The van der Waals surface area contributed by atoms with E-state index >= 15 is 0 Å². The Kier molecular flexibility index (Phi) is 11.2. The Morgan fingerprint density at radius 1 is 1.26 bits per heavy atom. The van der Waals surface area contributed by atoms with Gasteiger partial charge in [0.15, 0.2) is 0 Å². The molecule has 0 aromatic rings. The lowest BCUT2D eigenvalue weighted by Crippen LogP contribution is -2.49. The summed E-state index contributed by atoms with van der Waals surface area (Å²) in [6.45, 7) is 16.4. The summed E-state index contributed by atoms with van der Waals surface area (Å²) < 4.78 is 0. The molecule has 158 valence electrons. The Hall–Kier alpha value is -0.910. The van der Waals surface area contributed by atoms with Crippen molar-refractivity contribution in [3.05, 3.63) is 12.7 Å². The molecule has 0 bridgehead atoms. The predicted molar refractivity (Wildman–Crippen MR) is 113 cm³/mol. The van der Waals surface area contributed by atoms with E-state index in [-0.39, 0.29) is 29.8 Å². The Morgan fingerprint density at radius 3 is 2.48 bits per heavy atom. The number of carbonyl (C=O) groups is 1. The third-order valence-electron chi connectivity index (χ3n) is 5.94. The second-order valence-corrected chi connectivity index (χ2v) is 8.91. The van der Waals surface area contributed by atoms with Crippen LogP contribution in [0.1, 0.15) is 66.7 Å². The summed E-state index contributed by atoms with van der Waals surface area (Å²) >= 11 is 0. The third kappa shape index (κ3) is 8.75. The summed E-state index contributed by atoms with van der Waals surface area (Å²) in [5.74, 6) is 1.57. The molecule has 0 aromatic carbocycles. The molecule has 6 unspecified atom stereocenters. The highest BCUT2D eigenvalue weighted by Crippen LogP contribution is 2.26. The maximum absolute atomic E-state index is 13.1. The van der Waals surface area contributed by atoms with Gasteiger partial charge in [0.2, 0.25) is 5.91 Å². The number of aliphatic hydroxyl groups is 1. The standard InChI is InChI=1S/C22H43N3O2/c1-7-9-21(26)20(12-18-13-23-14-24-18)25-22(27)19(15(3)4)11-17(6)10-16(5)8-2/h7,15-21,23-24,26H,1,8-14H2,2-6H3,(H,25,27). The van der Waals surface area contributed by atoms with Gasteiger partial charge in [0.1, 0.15) is 0 Å². The number of hydrogen-bond donors (Lipinski definition) is 4. The molecular formula is C22H43N3O2. The van der Waals surface area contributed by atoms with E-state index in [0.717, 1.165) is 32.5 Å². The summed E-state index contributed by atoms with van der Waals surface area (Å²) in [6.07, 6.45) is 5.58. The van der Waals surface area contributed by atoms with Crippen LogP contribution in [0.25, 0.3) is 0 Å². The highest BCUT2D eigenvalue weighted by Gasteiger charge is 2.30. The molecule has 6 atom stereocenters. The normalized spacial score (nSPS) is 22.9. The Bertz CT molecular complexity index is 435. The molecule has 5 nitrogen and oxygen atoms in total. The van der Waals surface area contributed by atoms with Crippen LogP contribution in [-0.4, -0.2) is 42.4 Å². The van der Waals surface area contributed by atoms with Gasteiger partial charge in [0.25, 0.3) is 0 Å². The molecule has 1 amide bonds. The number of amides is 1. The first-order chi connectivity index (χ1) is 12.8. The summed E-state index contributed by atoms with van der Waals surface area (Å²) in [5.41, 5.74) is 0. The molecule has 1 aliphatic heterocycles. The average molecular weight is 382 g/mol. The molecule has 0 saturated carbocycles. The zero-order valence-corrected chi connectivity index (χ0v) is 18.1. The van der Waals surface area contributed by atoms with E-state index in [0.29, 0.717) is 18.3 Å². The van der Waals surface area contributed by atoms with Crippen molar-refractivity contribution in [3.63, 3.8) is 0 Å². The van der Waals surface area contributed by atoms with Gasteiger partial charge in [-0.05, 0) is 43.4 Å². The number of rotatable bonds is 13. The highest BCUT2D eigenvalue weighted by molar-refractivity contribution is 5.79. The second kappa shape index (κ2) is 12.5. The molecule has 1 rings (SSSR count). The zero-order chi connectivity index (χ0) is 20.4. The monoisotopic (exact) mass is 381 g/mol. The minimum absolute atomic E-state index is 0.0165. The van der Waals surface area contributed by atoms with E-state index in [1.807, 2.05) is 0 Å². The topological polar surface area (TPSA) is 73.4 Å². The first kappa shape index (κ1) is 24.1. The number of hydrogen-bond acceptors (Lipinski definition) is 4. The van der Waals surface area contributed by atoms with Gasteiger partial charge < -0.3 is 21.1 Å². The lowest BCUT2D eigenvalue weighted by Gasteiger charge is -2.30. The van der Waals surface area contributed by atoms with E-state index in [1.165, 1.54) is 6.42 Å². The molecule has 0 spiro atoms. The molecule has 1 fully saturated rings. The van der Waals surface area contributed by atoms with Crippen LogP contribution in [0.2, 0.25) is 0 Å². The van der Waals surface area contributed by atoms with E-state index in [1.54, 1.807) is 6.08 Å². The molecule has 5 heteroatoms. The van der Waals surface area contributed by atoms with E-state index < -0.39 is 6.10 Å². The van der Waals surface area contributed by atoms with Gasteiger partial charge in [-0.2, -0.15) is 0 Å². The molecule has 0 aromatic heterocycles. The van der Waals surface area contributed by atoms with Gasteiger partial charge >= 0.3 is 0 Å². The molecule has 0 radical (unpaired) electrons. The number of carbonyl (C=O) groups excluding carboxylic acids is 1. The van der Waals surface area contributed by atoms with Crippen LogP contribution in [-0.2, 0) is 4.79 Å². The van der Waals surface area contributed by atoms with Crippen molar-refractivity contribution in [2.45, 2.75) is 84.9 Å². The SMILES string of the molecule is C=CCC(O)C(CC1CNCN1)NC(=O)C(CC(C)CC(C)CC)C(C)C. The van der Waals surface area contributed by atoms with Gasteiger partial charge in [-0.1, -0.05) is 47.1 Å². The Balaban J connectivity index is 2.73. The fraction of sp³-hybridized carbons (Fsp3) is 0.864. The van der Waals surface area contributed by atoms with Crippen molar-refractivity contribution in [1.29, 1.82) is 0 Å². The quantitative estimate of drug-likeness (QED) is 0.370. The molecule has 27 heavy (non-hydrogen) atoms. The van der Waals surface area contributed by atoms with Crippen molar-refractivity contribution in [1.82, 2.24) is 16.0 Å². The van der Waals surface area contributed by atoms with Crippen molar-refractivity contribution in [3.8, 4) is 0 Å². The van der Waals surface area contributed by atoms with Gasteiger partial charge in [-0.3, -0.25) is 4.79 Å². The smallest absolute Gasteiger partial charge is 0.223 e. The van der Waals surface area contributed by atoms with Crippen LogP contribution in [0, 0.1) is 23.7 Å². The largest absolute Gasteiger partial charge is 0.391 e. The van der Waals surface area contributed by atoms with Crippen LogP contribution < -0.4 is 16.0 Å². The Morgan fingerprint density at radius 2 is 1.96 bits per heavy atom. The molecule has 4 N–H and O–H groups in total. The van der Waals surface area contributed by atoms with E-state index in [9.17, 15) is 9.90 Å². The molecule has 1 heterocycles. The minimum Gasteiger partial charge on any atom is -0.391 e. The highest BCUT2D eigenvalue weighted by atomic mass is 16.3. The lowest BCUT2D eigenvalue weighted by molar-refractivity contribution is -0.128. The molecule has 1 saturated heterocycles. The van der Waals surface area contributed by atoms with Gasteiger partial charge in [-0.15, -0.1) is 6.58 Å². The number of nitrogens with one attached hydrogen (secondary N) is 3. The first-order valence-corrected chi connectivity index (χ1v) is 10.8. The summed E-state index contributed by atoms with van der Waals surface area (Å²) in [6, 6.07) is 0.0237. The van der Waals surface area contributed by atoms with Crippen LogP contribution in [0.4, 0.5) is 0 Å². The third-order valence-corrected chi connectivity index (χ3v) is 5.94. The van der Waals surface area contributed by atoms with Crippen molar-refractivity contribution >= 4 is 5.91 Å². The van der Waals surface area contributed by atoms with Crippen molar-refractivity contribution in [2.24, 2.45) is 23.7 Å². The lowest BCUT2D eigenvalue weighted by atomic mass is 9.82. The van der Waals surface area contributed by atoms with E-state index in [2.05, 4.69) is 57.1 Å². The van der Waals surface area contributed by atoms with Crippen molar-refractivity contribution in [2.75, 3.05) is 13.2 Å².